The van der Waals surface area contributed by atoms with E-state index in [4.69, 9.17) is 4.74 Å². The highest BCUT2D eigenvalue weighted by molar-refractivity contribution is 7.98. The van der Waals surface area contributed by atoms with Crippen molar-refractivity contribution < 1.29 is 14.6 Å². The average molecular weight is 488 g/mol. The van der Waals surface area contributed by atoms with E-state index in [2.05, 4.69) is 29.3 Å². The molecule has 1 N–H and O–H groups in total. The van der Waals surface area contributed by atoms with E-state index in [0.29, 0.717) is 31.7 Å². The summed E-state index contributed by atoms with van der Waals surface area (Å²) in [6, 6.07) is 15.7. The molecule has 2 bridgehead atoms. The number of fused-ring (bicyclic) bond motifs is 8. The van der Waals surface area contributed by atoms with Crippen LogP contribution in [0.4, 0.5) is 0 Å². The lowest BCUT2D eigenvalue weighted by molar-refractivity contribution is 0.0671. The van der Waals surface area contributed by atoms with E-state index in [1.165, 1.54) is 16.5 Å². The summed E-state index contributed by atoms with van der Waals surface area (Å²) in [7, 11) is 0. The van der Waals surface area contributed by atoms with Crippen LogP contribution in [0.5, 0.6) is 11.5 Å². The Labute approximate surface area is 206 Å². The molecule has 7 rings (SSSR count). The second-order valence-electron chi connectivity index (χ2n) is 9.78. The fraction of sp³-hybridized carbons (Fsp3) is 0.333. The number of nitrogens with zero attached hydrogens (tertiary/aromatic N) is 3. The van der Waals surface area contributed by atoms with E-state index in [9.17, 15) is 14.7 Å². The Kier molecular flexibility index (Phi) is 4.67. The minimum absolute atomic E-state index is 0.0301. The number of aromatic nitrogens is 1. The number of carbonyl (C=O) groups is 1. The summed E-state index contributed by atoms with van der Waals surface area (Å²) in [6.07, 6.45) is 3.60. The summed E-state index contributed by atoms with van der Waals surface area (Å²) < 4.78 is 8.18. The van der Waals surface area contributed by atoms with Crippen LogP contribution < -0.4 is 15.2 Å². The Hall–Kier alpha value is -3.39. The van der Waals surface area contributed by atoms with Crippen molar-refractivity contribution >= 4 is 17.7 Å². The number of thioether (sulfide) groups is 1. The van der Waals surface area contributed by atoms with Gasteiger partial charge in [0.2, 0.25) is 5.43 Å². The predicted molar refractivity (Wildman–Crippen MR) is 132 cm³/mol. The number of pyridine rings is 1. The van der Waals surface area contributed by atoms with Crippen LogP contribution in [0.1, 0.15) is 46.1 Å². The number of amides is 1. The van der Waals surface area contributed by atoms with Gasteiger partial charge in [0, 0.05) is 35.0 Å². The molecule has 0 saturated heterocycles. The van der Waals surface area contributed by atoms with Crippen LogP contribution in [0.2, 0.25) is 0 Å². The molecule has 1 amide bonds. The quantitative estimate of drug-likeness (QED) is 0.521. The van der Waals surface area contributed by atoms with Gasteiger partial charge in [0.05, 0.1) is 6.61 Å². The molecular weight excluding hydrogens is 462 g/mol. The third kappa shape index (κ3) is 3.26. The fourth-order valence-corrected chi connectivity index (χ4v) is 6.85. The minimum atomic E-state index is -0.545. The highest BCUT2D eigenvalue weighted by Crippen LogP contribution is 2.48. The van der Waals surface area contributed by atoms with E-state index in [-0.39, 0.29) is 17.6 Å². The van der Waals surface area contributed by atoms with Gasteiger partial charge in [-0.05, 0) is 47.9 Å². The van der Waals surface area contributed by atoms with Crippen LogP contribution in [0.15, 0.2) is 64.4 Å². The van der Waals surface area contributed by atoms with Gasteiger partial charge in [0.15, 0.2) is 11.4 Å². The van der Waals surface area contributed by atoms with Crippen molar-refractivity contribution in [1.29, 1.82) is 0 Å². The van der Waals surface area contributed by atoms with Gasteiger partial charge in [-0.25, -0.2) is 0 Å². The van der Waals surface area contributed by atoms with Crippen LogP contribution in [0.3, 0.4) is 0 Å². The van der Waals surface area contributed by atoms with Gasteiger partial charge in [-0.15, -0.1) is 11.8 Å². The maximum Gasteiger partial charge on any atom is 0.277 e. The van der Waals surface area contributed by atoms with Crippen molar-refractivity contribution in [3.8, 4) is 11.5 Å². The van der Waals surface area contributed by atoms with Gasteiger partial charge in [-0.1, -0.05) is 30.3 Å². The molecule has 1 fully saturated rings. The van der Waals surface area contributed by atoms with E-state index in [1.54, 1.807) is 27.5 Å². The zero-order valence-electron chi connectivity index (χ0n) is 19.1. The molecule has 0 unspecified atom stereocenters. The van der Waals surface area contributed by atoms with E-state index < -0.39 is 11.2 Å². The van der Waals surface area contributed by atoms with Crippen LogP contribution in [0.25, 0.3) is 0 Å². The van der Waals surface area contributed by atoms with Crippen molar-refractivity contribution in [2.45, 2.75) is 29.5 Å². The summed E-state index contributed by atoms with van der Waals surface area (Å²) in [6.45, 7) is 1.61. The molecule has 35 heavy (non-hydrogen) atoms. The number of rotatable bonds is 0. The Bertz CT molecular complexity index is 1420. The summed E-state index contributed by atoms with van der Waals surface area (Å²) >= 11 is 1.80. The SMILES string of the molecule is O=C1c2c(O)c(=O)ccn2N2CN1CC[C@@H]1C[C@@H]1COc1cccc3c1[C@@H]2c1ccccc1SC3. The Balaban J connectivity index is 1.51. The van der Waals surface area contributed by atoms with Crippen molar-refractivity contribution in [3.05, 3.63) is 87.3 Å². The van der Waals surface area contributed by atoms with Gasteiger partial charge in [0.25, 0.3) is 5.91 Å². The number of benzene rings is 2. The lowest BCUT2D eigenvalue weighted by atomic mass is 9.93. The van der Waals surface area contributed by atoms with Crippen LogP contribution in [-0.4, -0.2) is 40.4 Å². The second kappa shape index (κ2) is 7.81. The highest BCUT2D eigenvalue weighted by Gasteiger charge is 2.43. The molecular formula is C27H25N3O4S. The van der Waals surface area contributed by atoms with Crippen molar-refractivity contribution in [2.75, 3.05) is 24.8 Å². The van der Waals surface area contributed by atoms with Crippen molar-refractivity contribution in [2.24, 2.45) is 11.8 Å². The second-order valence-corrected chi connectivity index (χ2v) is 10.8. The van der Waals surface area contributed by atoms with E-state index in [0.717, 1.165) is 35.5 Å². The monoisotopic (exact) mass is 487 g/mol. The molecule has 1 saturated carbocycles. The van der Waals surface area contributed by atoms with Crippen LogP contribution in [-0.2, 0) is 5.75 Å². The molecule has 0 spiro atoms. The molecule has 1 aliphatic carbocycles. The molecule has 4 heterocycles. The topological polar surface area (TPSA) is 75.0 Å². The van der Waals surface area contributed by atoms with Crippen LogP contribution >= 0.6 is 11.8 Å². The van der Waals surface area contributed by atoms with Crippen molar-refractivity contribution in [1.82, 2.24) is 9.58 Å². The molecule has 3 atom stereocenters. The van der Waals surface area contributed by atoms with E-state index >= 15 is 0 Å². The molecule has 7 nitrogen and oxygen atoms in total. The number of ether oxygens (including phenoxy) is 1. The molecule has 0 radical (unpaired) electrons. The first kappa shape index (κ1) is 20.9. The lowest BCUT2D eigenvalue weighted by Gasteiger charge is -2.44. The third-order valence-corrected chi connectivity index (χ3v) is 8.89. The molecule has 8 heteroatoms. The molecule has 2 aromatic carbocycles. The predicted octanol–water partition coefficient (Wildman–Crippen LogP) is 3.72. The minimum Gasteiger partial charge on any atom is -0.502 e. The molecule has 3 aliphatic heterocycles. The van der Waals surface area contributed by atoms with Gasteiger partial charge in [-0.2, -0.15) is 0 Å². The Morgan fingerprint density at radius 1 is 1.03 bits per heavy atom. The largest absolute Gasteiger partial charge is 0.502 e. The zero-order chi connectivity index (χ0) is 23.7. The Morgan fingerprint density at radius 2 is 1.91 bits per heavy atom. The smallest absolute Gasteiger partial charge is 0.277 e. The number of hydrogen-bond donors (Lipinski definition) is 1. The standard InChI is InChI=1S/C27H25N3O4S/c31-20-9-11-29-25(26(20)32)27(33)28-10-8-16-12-18(16)13-34-21-6-3-4-17-14-35-22-7-2-1-5-19(22)24(23(17)21)30(29)15-28/h1-7,9,11,16,18,24,32H,8,10,12-15H2/t16-,18-,24+/m1/s1. The van der Waals surface area contributed by atoms with Crippen molar-refractivity contribution in [3.63, 3.8) is 0 Å². The average Bonchev–Trinajstić information content (AvgIpc) is 3.65. The first-order valence-corrected chi connectivity index (χ1v) is 13.1. The first-order valence-electron chi connectivity index (χ1n) is 12.1. The highest BCUT2D eigenvalue weighted by atomic mass is 32.2. The number of aromatic hydroxyl groups is 1. The summed E-state index contributed by atoms with van der Waals surface area (Å²) in [4.78, 5) is 28.9. The van der Waals surface area contributed by atoms with Crippen LogP contribution in [0, 0.1) is 11.8 Å². The summed E-state index contributed by atoms with van der Waals surface area (Å²) in [5.41, 5.74) is 2.88. The number of hydrogen-bond acceptors (Lipinski definition) is 6. The fourth-order valence-electron chi connectivity index (χ4n) is 5.76. The lowest BCUT2D eigenvalue weighted by Crippen LogP contribution is -2.55. The third-order valence-electron chi connectivity index (χ3n) is 7.75. The Morgan fingerprint density at radius 3 is 2.83 bits per heavy atom. The molecule has 178 valence electrons. The summed E-state index contributed by atoms with van der Waals surface area (Å²) in [5, 5.41) is 12.9. The molecule has 4 aliphatic rings. The zero-order valence-corrected chi connectivity index (χ0v) is 19.9. The summed E-state index contributed by atoms with van der Waals surface area (Å²) in [5.74, 6) is 1.90. The molecule has 1 aromatic heterocycles. The maximum atomic E-state index is 13.5. The maximum absolute atomic E-state index is 13.5. The van der Waals surface area contributed by atoms with Gasteiger partial charge >= 0.3 is 0 Å². The molecule has 3 aromatic rings. The number of carbonyl (C=O) groups excluding carboxylic acids is 1. The first-order chi connectivity index (χ1) is 17.1. The van der Waals surface area contributed by atoms with Gasteiger partial charge in [-0.3, -0.25) is 19.3 Å². The van der Waals surface area contributed by atoms with E-state index in [1.807, 2.05) is 18.2 Å². The van der Waals surface area contributed by atoms with Gasteiger partial charge in [0.1, 0.15) is 18.5 Å². The normalized spacial score (nSPS) is 24.5. The van der Waals surface area contributed by atoms with Gasteiger partial charge < -0.3 is 14.7 Å².